The zero-order valence-electron chi connectivity index (χ0n) is 12.4. The van der Waals surface area contributed by atoms with Gasteiger partial charge in [-0.2, -0.15) is 0 Å². The highest BCUT2D eigenvalue weighted by atomic mass is 16.1. The van der Waals surface area contributed by atoms with Crippen LogP contribution in [0.3, 0.4) is 0 Å². The summed E-state index contributed by atoms with van der Waals surface area (Å²) >= 11 is 0. The number of carbonyl (C=O) groups is 1. The first kappa shape index (κ1) is 13.9. The molecule has 1 atom stereocenters. The molecule has 0 spiro atoms. The standard InChI is InChI=1S/C16H22N4O/c1-2-11-5-4-9-20(10-8-11)16-18-13-7-3-6-12(15(17)21)14(13)19-16/h3,6-7,11H,2,4-5,8-10H2,1H3,(H2,17,21)(H,18,19). The summed E-state index contributed by atoms with van der Waals surface area (Å²) in [7, 11) is 0. The van der Waals surface area contributed by atoms with Crippen molar-refractivity contribution < 1.29 is 4.79 Å². The summed E-state index contributed by atoms with van der Waals surface area (Å²) in [5.74, 6) is 1.25. The summed E-state index contributed by atoms with van der Waals surface area (Å²) in [6, 6.07) is 5.50. The number of hydrogen-bond donors (Lipinski definition) is 2. The number of carbonyl (C=O) groups excluding carboxylic acids is 1. The predicted octanol–water partition coefficient (Wildman–Crippen LogP) is 2.68. The molecule has 0 aliphatic carbocycles. The molecule has 1 aliphatic rings. The van der Waals surface area contributed by atoms with Crippen molar-refractivity contribution in [2.75, 3.05) is 18.0 Å². The van der Waals surface area contributed by atoms with Crippen LogP contribution in [-0.4, -0.2) is 29.0 Å². The van der Waals surface area contributed by atoms with E-state index in [4.69, 9.17) is 5.73 Å². The molecular formula is C16H22N4O. The molecule has 21 heavy (non-hydrogen) atoms. The number of nitrogens with two attached hydrogens (primary N) is 1. The minimum Gasteiger partial charge on any atom is -0.366 e. The molecule has 1 fully saturated rings. The Labute approximate surface area is 124 Å². The van der Waals surface area contributed by atoms with Gasteiger partial charge >= 0.3 is 0 Å². The van der Waals surface area contributed by atoms with Gasteiger partial charge in [-0.3, -0.25) is 4.79 Å². The number of fused-ring (bicyclic) bond motifs is 1. The zero-order chi connectivity index (χ0) is 14.8. The van der Waals surface area contributed by atoms with Crippen LogP contribution >= 0.6 is 0 Å². The highest BCUT2D eigenvalue weighted by molar-refractivity contribution is 6.04. The molecule has 0 bridgehead atoms. The molecule has 1 unspecified atom stereocenters. The lowest BCUT2D eigenvalue weighted by Gasteiger charge is -2.19. The van der Waals surface area contributed by atoms with Gasteiger partial charge in [0, 0.05) is 13.1 Å². The second-order valence-electron chi connectivity index (χ2n) is 5.82. The number of nitrogens with zero attached hydrogens (tertiary/aromatic N) is 2. The minimum atomic E-state index is -0.430. The number of anilines is 1. The first-order chi connectivity index (χ1) is 10.2. The second kappa shape index (κ2) is 5.76. The van der Waals surface area contributed by atoms with E-state index in [0.717, 1.165) is 30.5 Å². The van der Waals surface area contributed by atoms with E-state index in [1.807, 2.05) is 12.1 Å². The summed E-state index contributed by atoms with van der Waals surface area (Å²) in [4.78, 5) is 21.7. The number of aromatic nitrogens is 2. The Kier molecular flexibility index (Phi) is 3.82. The molecule has 1 saturated heterocycles. The topological polar surface area (TPSA) is 75.0 Å². The number of hydrogen-bond acceptors (Lipinski definition) is 3. The van der Waals surface area contributed by atoms with Crippen LogP contribution in [-0.2, 0) is 0 Å². The first-order valence-electron chi connectivity index (χ1n) is 7.72. The number of imidazole rings is 1. The summed E-state index contributed by atoms with van der Waals surface area (Å²) in [6.45, 7) is 4.30. The fourth-order valence-corrected chi connectivity index (χ4v) is 3.15. The lowest BCUT2D eigenvalue weighted by Crippen LogP contribution is -2.25. The molecule has 2 aromatic rings. The maximum atomic E-state index is 11.5. The molecular weight excluding hydrogens is 264 g/mol. The maximum absolute atomic E-state index is 11.5. The molecule has 3 N–H and O–H groups in total. The number of aromatic amines is 1. The normalized spacial score (nSPS) is 19.7. The van der Waals surface area contributed by atoms with Gasteiger partial charge in [0.2, 0.25) is 5.95 Å². The average Bonchev–Trinajstić information content (AvgIpc) is 2.77. The Morgan fingerprint density at radius 2 is 2.29 bits per heavy atom. The Morgan fingerprint density at radius 1 is 1.43 bits per heavy atom. The largest absolute Gasteiger partial charge is 0.366 e. The third kappa shape index (κ3) is 2.73. The molecule has 1 aliphatic heterocycles. The van der Waals surface area contributed by atoms with Gasteiger partial charge in [-0.05, 0) is 37.3 Å². The number of benzene rings is 1. The number of primary amides is 1. The summed E-state index contributed by atoms with van der Waals surface area (Å²) < 4.78 is 0. The van der Waals surface area contributed by atoms with Gasteiger partial charge < -0.3 is 15.6 Å². The quantitative estimate of drug-likeness (QED) is 0.911. The van der Waals surface area contributed by atoms with Crippen molar-refractivity contribution in [3.8, 4) is 0 Å². The maximum Gasteiger partial charge on any atom is 0.250 e. The van der Waals surface area contributed by atoms with Crippen molar-refractivity contribution >= 4 is 22.9 Å². The van der Waals surface area contributed by atoms with Crippen LogP contribution in [0.2, 0.25) is 0 Å². The smallest absolute Gasteiger partial charge is 0.250 e. The zero-order valence-corrected chi connectivity index (χ0v) is 12.4. The molecule has 0 saturated carbocycles. The van der Waals surface area contributed by atoms with Gasteiger partial charge in [0.25, 0.3) is 5.91 Å². The van der Waals surface area contributed by atoms with E-state index in [0.29, 0.717) is 11.1 Å². The summed E-state index contributed by atoms with van der Waals surface area (Å²) in [5.41, 5.74) is 7.45. The number of H-pyrrole nitrogens is 1. The Hall–Kier alpha value is -2.04. The first-order valence-corrected chi connectivity index (χ1v) is 7.72. The van der Waals surface area contributed by atoms with Gasteiger partial charge in [-0.15, -0.1) is 0 Å². The van der Waals surface area contributed by atoms with Crippen LogP contribution < -0.4 is 10.6 Å². The van der Waals surface area contributed by atoms with Crippen molar-refractivity contribution in [1.29, 1.82) is 0 Å². The van der Waals surface area contributed by atoms with E-state index < -0.39 is 5.91 Å². The van der Waals surface area contributed by atoms with Crippen LogP contribution in [0.1, 0.15) is 43.0 Å². The highest BCUT2D eigenvalue weighted by Gasteiger charge is 2.19. The van der Waals surface area contributed by atoms with E-state index in [9.17, 15) is 4.79 Å². The molecule has 5 heteroatoms. The van der Waals surface area contributed by atoms with Gasteiger partial charge in [0.05, 0.1) is 11.1 Å². The Balaban J connectivity index is 1.90. The Bertz CT molecular complexity index is 649. The molecule has 2 heterocycles. The van der Waals surface area contributed by atoms with Crippen molar-refractivity contribution in [3.63, 3.8) is 0 Å². The molecule has 3 rings (SSSR count). The van der Waals surface area contributed by atoms with Crippen LogP contribution in [0.4, 0.5) is 5.95 Å². The molecule has 1 amide bonds. The fourth-order valence-electron chi connectivity index (χ4n) is 3.15. The second-order valence-corrected chi connectivity index (χ2v) is 5.82. The SMILES string of the molecule is CCC1CCCN(c2nc3c(C(N)=O)cccc3[nH]2)CC1. The number of para-hydroxylation sites is 1. The fraction of sp³-hybridized carbons (Fsp3) is 0.500. The molecule has 0 radical (unpaired) electrons. The van der Waals surface area contributed by atoms with Gasteiger partial charge in [0.1, 0.15) is 5.52 Å². The van der Waals surface area contributed by atoms with Crippen LogP contribution in [0, 0.1) is 5.92 Å². The van der Waals surface area contributed by atoms with Crippen LogP contribution in [0.5, 0.6) is 0 Å². The van der Waals surface area contributed by atoms with E-state index in [2.05, 4.69) is 21.8 Å². The lowest BCUT2D eigenvalue weighted by molar-refractivity contribution is 0.100. The third-order valence-corrected chi connectivity index (χ3v) is 4.49. The van der Waals surface area contributed by atoms with E-state index in [1.54, 1.807) is 6.07 Å². The van der Waals surface area contributed by atoms with Gasteiger partial charge in [-0.25, -0.2) is 4.98 Å². The van der Waals surface area contributed by atoms with E-state index >= 15 is 0 Å². The van der Waals surface area contributed by atoms with Crippen LogP contribution in [0.25, 0.3) is 11.0 Å². The lowest BCUT2D eigenvalue weighted by atomic mass is 9.98. The van der Waals surface area contributed by atoms with Crippen molar-refractivity contribution in [2.24, 2.45) is 11.7 Å². The van der Waals surface area contributed by atoms with Crippen molar-refractivity contribution in [1.82, 2.24) is 9.97 Å². The average molecular weight is 286 g/mol. The number of rotatable bonds is 3. The van der Waals surface area contributed by atoms with E-state index in [-0.39, 0.29) is 0 Å². The summed E-state index contributed by atoms with van der Waals surface area (Å²) in [6.07, 6.45) is 4.94. The molecule has 5 nitrogen and oxygen atoms in total. The minimum absolute atomic E-state index is 0.430. The summed E-state index contributed by atoms with van der Waals surface area (Å²) in [5, 5.41) is 0. The number of nitrogens with one attached hydrogen (secondary N) is 1. The van der Waals surface area contributed by atoms with Crippen LogP contribution in [0.15, 0.2) is 18.2 Å². The molecule has 1 aromatic heterocycles. The predicted molar refractivity (Wildman–Crippen MR) is 84.5 cm³/mol. The number of amides is 1. The van der Waals surface area contributed by atoms with Crippen molar-refractivity contribution in [2.45, 2.75) is 32.6 Å². The highest BCUT2D eigenvalue weighted by Crippen LogP contribution is 2.25. The van der Waals surface area contributed by atoms with Gasteiger partial charge in [-0.1, -0.05) is 19.4 Å². The van der Waals surface area contributed by atoms with Gasteiger partial charge in [0.15, 0.2) is 0 Å². The van der Waals surface area contributed by atoms with E-state index in [1.165, 1.54) is 25.7 Å². The molecule has 1 aromatic carbocycles. The Morgan fingerprint density at radius 3 is 3.05 bits per heavy atom. The monoisotopic (exact) mass is 286 g/mol. The molecule has 112 valence electrons. The van der Waals surface area contributed by atoms with Crippen molar-refractivity contribution in [3.05, 3.63) is 23.8 Å². The third-order valence-electron chi connectivity index (χ3n) is 4.49.